The van der Waals surface area contributed by atoms with Crippen LogP contribution in [0.2, 0.25) is 0 Å². The molecular formula is C9H15NO5. The first-order valence-corrected chi connectivity index (χ1v) is 4.44. The van der Waals surface area contributed by atoms with Gasteiger partial charge >= 0.3 is 11.9 Å². The fraction of sp³-hybridized carbons (Fsp3) is 0.667. The Labute approximate surface area is 87.1 Å². The lowest BCUT2D eigenvalue weighted by Gasteiger charge is -2.21. The molecule has 0 aromatic heterocycles. The second-order valence-electron chi connectivity index (χ2n) is 4.00. The minimum Gasteiger partial charge on any atom is -0.480 e. The number of nitrogens with two attached hydrogens (primary N) is 1. The number of rotatable bonds is 6. The first kappa shape index (κ1) is 13.6. The Kier molecular flexibility index (Phi) is 4.41. The molecule has 0 fully saturated rings. The molecule has 0 amide bonds. The molecule has 0 rings (SSSR count). The zero-order valence-electron chi connectivity index (χ0n) is 8.69. The minimum absolute atomic E-state index is 0.0708. The first-order valence-electron chi connectivity index (χ1n) is 4.44. The molecule has 0 aromatic carbocycles. The molecule has 0 saturated carbocycles. The van der Waals surface area contributed by atoms with Crippen molar-refractivity contribution >= 4 is 17.7 Å². The highest BCUT2D eigenvalue weighted by atomic mass is 16.4. The van der Waals surface area contributed by atoms with Crippen molar-refractivity contribution in [3.63, 3.8) is 0 Å². The number of carbonyl (C=O) groups is 3. The minimum atomic E-state index is -1.51. The summed E-state index contributed by atoms with van der Waals surface area (Å²) in [4.78, 5) is 32.0. The van der Waals surface area contributed by atoms with Crippen LogP contribution in [0.1, 0.15) is 26.7 Å². The third kappa shape index (κ3) is 4.07. The monoisotopic (exact) mass is 217 g/mol. The quantitative estimate of drug-likeness (QED) is 0.533. The van der Waals surface area contributed by atoms with Crippen LogP contribution in [0.5, 0.6) is 0 Å². The number of carboxylic acid groups (broad SMARTS) is 2. The fourth-order valence-electron chi connectivity index (χ4n) is 1.04. The number of aliphatic carboxylic acids is 2. The Bertz CT molecular complexity index is 284. The zero-order valence-corrected chi connectivity index (χ0v) is 8.69. The largest absolute Gasteiger partial charge is 0.480 e. The van der Waals surface area contributed by atoms with E-state index in [1.807, 2.05) is 0 Å². The molecule has 1 atom stereocenters. The van der Waals surface area contributed by atoms with Gasteiger partial charge in [-0.25, -0.2) is 4.79 Å². The van der Waals surface area contributed by atoms with E-state index in [9.17, 15) is 14.4 Å². The average Bonchev–Trinajstić information content (AvgIpc) is 2.12. The van der Waals surface area contributed by atoms with Gasteiger partial charge in [-0.15, -0.1) is 0 Å². The van der Waals surface area contributed by atoms with Crippen molar-refractivity contribution in [3.8, 4) is 0 Å². The summed E-state index contributed by atoms with van der Waals surface area (Å²) in [6, 6.07) is -1.06. The standard InChI is InChI=1S/C9H15NO5/c1-9(2,6(11)8(14)15)4-3-5(10)7(12)13/h5H,3-4,10H2,1-2H3,(H,12,13)(H,14,15)/t5-/m0/s1. The van der Waals surface area contributed by atoms with Crippen molar-refractivity contribution < 1.29 is 24.6 Å². The summed E-state index contributed by atoms with van der Waals surface area (Å²) in [5.74, 6) is -3.60. The Balaban J connectivity index is 4.33. The van der Waals surface area contributed by atoms with Crippen molar-refractivity contribution in [1.29, 1.82) is 0 Å². The molecule has 0 aliphatic heterocycles. The number of carboxylic acids is 2. The van der Waals surface area contributed by atoms with Crippen molar-refractivity contribution in [3.05, 3.63) is 0 Å². The summed E-state index contributed by atoms with van der Waals surface area (Å²) in [7, 11) is 0. The Hall–Kier alpha value is -1.43. The van der Waals surface area contributed by atoms with Gasteiger partial charge in [0.15, 0.2) is 0 Å². The van der Waals surface area contributed by atoms with Gasteiger partial charge in [-0.05, 0) is 12.8 Å². The van der Waals surface area contributed by atoms with Gasteiger partial charge in [-0.3, -0.25) is 9.59 Å². The predicted octanol–water partition coefficient (Wildman–Crippen LogP) is -0.142. The molecule has 6 heteroatoms. The van der Waals surface area contributed by atoms with Crippen LogP contribution >= 0.6 is 0 Å². The first-order chi connectivity index (χ1) is 6.68. The number of hydrogen-bond acceptors (Lipinski definition) is 4. The van der Waals surface area contributed by atoms with Gasteiger partial charge < -0.3 is 15.9 Å². The molecule has 0 heterocycles. The summed E-state index contributed by atoms with van der Waals surface area (Å²) in [6.45, 7) is 2.91. The van der Waals surface area contributed by atoms with Crippen LogP contribution in [0.15, 0.2) is 0 Å². The van der Waals surface area contributed by atoms with E-state index in [0.717, 1.165) is 0 Å². The van der Waals surface area contributed by atoms with E-state index >= 15 is 0 Å². The lowest BCUT2D eigenvalue weighted by molar-refractivity contribution is -0.153. The molecule has 0 unspecified atom stereocenters. The van der Waals surface area contributed by atoms with Gasteiger partial charge in [-0.1, -0.05) is 13.8 Å². The Morgan fingerprint density at radius 2 is 1.73 bits per heavy atom. The lowest BCUT2D eigenvalue weighted by atomic mass is 9.82. The molecule has 0 aliphatic carbocycles. The van der Waals surface area contributed by atoms with Crippen LogP contribution in [0, 0.1) is 5.41 Å². The van der Waals surface area contributed by atoms with Crippen LogP contribution < -0.4 is 5.73 Å². The summed E-state index contributed by atoms with van der Waals surface area (Å²) < 4.78 is 0. The maximum absolute atomic E-state index is 11.2. The van der Waals surface area contributed by atoms with E-state index in [0.29, 0.717) is 0 Å². The lowest BCUT2D eigenvalue weighted by Crippen LogP contribution is -2.35. The molecule has 4 N–H and O–H groups in total. The van der Waals surface area contributed by atoms with Crippen LogP contribution in [0.25, 0.3) is 0 Å². The van der Waals surface area contributed by atoms with E-state index < -0.39 is 29.2 Å². The SMILES string of the molecule is CC(C)(CC[C@H](N)C(=O)O)C(=O)C(=O)O. The smallest absolute Gasteiger partial charge is 0.372 e. The van der Waals surface area contributed by atoms with Crippen molar-refractivity contribution in [2.45, 2.75) is 32.7 Å². The molecule has 15 heavy (non-hydrogen) atoms. The van der Waals surface area contributed by atoms with Crippen molar-refractivity contribution in [1.82, 2.24) is 0 Å². The second-order valence-corrected chi connectivity index (χ2v) is 4.00. The van der Waals surface area contributed by atoms with Crippen LogP contribution in [-0.2, 0) is 14.4 Å². The summed E-state index contributed by atoms with van der Waals surface area (Å²) in [5.41, 5.74) is 4.16. The summed E-state index contributed by atoms with van der Waals surface area (Å²) in [6.07, 6.45) is 0.201. The van der Waals surface area contributed by atoms with Crippen LogP contribution in [-0.4, -0.2) is 34.0 Å². The molecule has 0 radical (unpaired) electrons. The summed E-state index contributed by atoms with van der Waals surface area (Å²) >= 11 is 0. The Morgan fingerprint density at radius 3 is 2.07 bits per heavy atom. The molecule has 0 bridgehead atoms. The van der Waals surface area contributed by atoms with Gasteiger partial charge in [-0.2, -0.15) is 0 Å². The van der Waals surface area contributed by atoms with E-state index in [1.54, 1.807) is 0 Å². The van der Waals surface area contributed by atoms with Gasteiger partial charge in [0.25, 0.3) is 0 Å². The van der Waals surface area contributed by atoms with Crippen molar-refractivity contribution in [2.24, 2.45) is 11.1 Å². The van der Waals surface area contributed by atoms with Gasteiger partial charge in [0.1, 0.15) is 6.04 Å². The van der Waals surface area contributed by atoms with E-state index in [1.165, 1.54) is 13.8 Å². The van der Waals surface area contributed by atoms with Crippen molar-refractivity contribution in [2.75, 3.05) is 0 Å². The number of hydrogen-bond donors (Lipinski definition) is 3. The molecular weight excluding hydrogens is 202 g/mol. The molecule has 0 saturated heterocycles. The highest BCUT2D eigenvalue weighted by Crippen LogP contribution is 2.24. The normalized spacial score (nSPS) is 13.3. The number of Topliss-reactive ketones (excluding diaryl/α,β-unsaturated/α-hetero) is 1. The maximum Gasteiger partial charge on any atom is 0.372 e. The maximum atomic E-state index is 11.2. The van der Waals surface area contributed by atoms with E-state index in [2.05, 4.69) is 0 Å². The highest BCUT2D eigenvalue weighted by Gasteiger charge is 2.33. The topological polar surface area (TPSA) is 118 Å². The van der Waals surface area contributed by atoms with Crippen LogP contribution in [0.3, 0.4) is 0 Å². The Morgan fingerprint density at radius 1 is 1.27 bits per heavy atom. The van der Waals surface area contributed by atoms with Gasteiger partial charge in [0.2, 0.25) is 5.78 Å². The molecule has 0 spiro atoms. The molecule has 6 nitrogen and oxygen atoms in total. The molecule has 86 valence electrons. The van der Waals surface area contributed by atoms with Crippen LogP contribution in [0.4, 0.5) is 0 Å². The van der Waals surface area contributed by atoms with Gasteiger partial charge in [0.05, 0.1) is 0 Å². The molecule has 0 aliphatic rings. The number of ketones is 1. The molecule has 0 aromatic rings. The number of carbonyl (C=O) groups excluding carboxylic acids is 1. The second kappa shape index (κ2) is 4.88. The van der Waals surface area contributed by atoms with E-state index in [4.69, 9.17) is 15.9 Å². The predicted molar refractivity (Wildman–Crippen MR) is 51.3 cm³/mol. The van der Waals surface area contributed by atoms with E-state index in [-0.39, 0.29) is 12.8 Å². The third-order valence-corrected chi connectivity index (χ3v) is 2.21. The zero-order chi connectivity index (χ0) is 12.2. The summed E-state index contributed by atoms with van der Waals surface area (Å²) in [5, 5.41) is 17.0. The van der Waals surface area contributed by atoms with Gasteiger partial charge in [0, 0.05) is 5.41 Å². The average molecular weight is 217 g/mol. The third-order valence-electron chi connectivity index (χ3n) is 2.21. The highest BCUT2D eigenvalue weighted by molar-refractivity contribution is 6.34. The fourth-order valence-corrected chi connectivity index (χ4v) is 1.04.